The maximum absolute atomic E-state index is 14.6. The van der Waals surface area contributed by atoms with Gasteiger partial charge in [0.25, 0.3) is 0 Å². The predicted octanol–water partition coefficient (Wildman–Crippen LogP) is 31.0. The van der Waals surface area contributed by atoms with E-state index in [4.69, 9.17) is 75.0 Å². The number of benzene rings is 10. The number of methoxy groups -OCH3 is 1. The van der Waals surface area contributed by atoms with Gasteiger partial charge in [-0.1, -0.05) is 155 Å². The summed E-state index contributed by atoms with van der Waals surface area (Å²) in [6.07, 6.45) is -15.0. The first kappa shape index (κ1) is 110. The quantitative estimate of drug-likeness (QED) is 0.0206. The molecular weight excluding hydrogens is 2010 g/mol. The normalized spacial score (nSPS) is 12.2. The summed E-state index contributed by atoms with van der Waals surface area (Å²) in [7, 11) is 1.57. The average Bonchev–Trinajstić information content (AvgIpc) is 0.869. The van der Waals surface area contributed by atoms with E-state index in [0.717, 1.165) is 70.8 Å². The molecule has 0 aliphatic rings. The molecule has 1 heterocycles. The van der Waals surface area contributed by atoms with Crippen molar-refractivity contribution in [2.75, 3.05) is 78.3 Å². The summed E-state index contributed by atoms with van der Waals surface area (Å²) in [4.78, 5) is 50.0. The lowest BCUT2D eigenvalue weighted by Gasteiger charge is -2.40. The first-order valence-corrected chi connectivity index (χ1v) is 40.7. The van der Waals surface area contributed by atoms with Gasteiger partial charge in [-0.3, -0.25) is 5.32 Å². The third-order valence-corrected chi connectivity index (χ3v) is 20.8. The zero-order chi connectivity index (χ0) is 101. The van der Waals surface area contributed by atoms with Gasteiger partial charge in [0, 0.05) is 62.9 Å². The number of anilines is 11. The van der Waals surface area contributed by atoms with E-state index in [1.54, 1.807) is 48.1 Å². The molecule has 726 valence electrons. The number of alkyl halides is 26. The van der Waals surface area contributed by atoms with Crippen molar-refractivity contribution in [3.8, 4) is 5.75 Å². The summed E-state index contributed by atoms with van der Waals surface area (Å²) in [6, 6.07) is 49.7. The van der Waals surface area contributed by atoms with Crippen LogP contribution in [0.3, 0.4) is 0 Å². The Morgan fingerprint density at radius 1 is 0.348 bits per heavy atom. The van der Waals surface area contributed by atoms with Crippen LogP contribution in [-0.4, -0.2) is 109 Å². The van der Waals surface area contributed by atoms with Crippen LogP contribution in [0, 0.1) is 12.7 Å². The van der Waals surface area contributed by atoms with Gasteiger partial charge < -0.3 is 57.5 Å². The Kier molecular flexibility index (Phi) is 36.5. The second-order valence-electron chi connectivity index (χ2n) is 27.4. The second-order valence-corrected chi connectivity index (χ2v) is 30.8. The maximum atomic E-state index is 14.6. The second kappa shape index (κ2) is 44.7. The Labute approximate surface area is 781 Å². The third-order valence-electron chi connectivity index (χ3n) is 18.1. The Bertz CT molecular complexity index is 5930. The highest BCUT2D eigenvalue weighted by molar-refractivity contribution is 7.80. The zero-order valence-electron chi connectivity index (χ0n) is 68.3. The molecule has 1 aromatic heterocycles. The van der Waals surface area contributed by atoms with Crippen LogP contribution >= 0.6 is 81.6 Å². The molecule has 0 aliphatic heterocycles. The van der Waals surface area contributed by atoms with Crippen molar-refractivity contribution in [2.24, 2.45) is 0 Å². The molecule has 50 heteroatoms. The summed E-state index contributed by atoms with van der Waals surface area (Å²) < 4.78 is 367. The van der Waals surface area contributed by atoms with Crippen LogP contribution in [0.1, 0.15) is 30.5 Å². The minimum atomic E-state index is -8.04. The molecule has 0 saturated carbocycles. The minimum absolute atomic E-state index is 0.0279. The Hall–Kier alpha value is -11.9. The van der Waals surface area contributed by atoms with Crippen molar-refractivity contribution in [3.63, 3.8) is 0 Å². The number of nitrogens with zero attached hydrogens (tertiary/aromatic N) is 1. The van der Waals surface area contributed by atoms with Crippen molar-refractivity contribution < 1.29 is 142 Å². The number of urea groups is 4. The van der Waals surface area contributed by atoms with Crippen molar-refractivity contribution in [1.82, 2.24) is 0 Å². The number of nitrogens with one attached hydrogen (secondary N) is 10. The SMILES string of the molecule is CCN(CC)c1ccc(NC(=S)Nc2ccc(Cl)c(Cl)c2)c(C)c1.COc1ccccc1NC(=O)Nc1ccc2ccccc2c1.O=C(Nc1cc(Cl)cc(Cl)c1)Nc1ccccc1C(F)(F)C(F)(F)C(F)(F)C(F)(F)C(F)(F)C(F)(F)F.O=C(Nc1ccc(F)cc1)Nc1sccc1Cl.O=C(Nc1ccccc1)Nc1ccccc1C(F)(F)C(F)(F)C(F)(F)C(F)(F)C(F)(F)C(F)(F)F. The molecule has 16 nitrogen and oxygen atoms in total. The number of thiocarbonyl (C=S) groups is 1. The van der Waals surface area contributed by atoms with Crippen molar-refractivity contribution in [2.45, 2.75) is 92.3 Å². The monoisotopic (exact) mass is 2070 g/mol. The summed E-state index contributed by atoms with van der Waals surface area (Å²) in [5.74, 6) is -75.5. The number of ether oxygens (including phenoxy) is 1. The first-order chi connectivity index (χ1) is 62.6. The lowest BCUT2D eigenvalue weighted by molar-refractivity contribution is -0.441. The van der Waals surface area contributed by atoms with E-state index in [9.17, 15) is 138 Å². The highest BCUT2D eigenvalue weighted by Crippen LogP contribution is 2.65. The molecule has 0 fully saturated rings. The number of hydrogen-bond acceptors (Lipinski definition) is 8. The Balaban J connectivity index is 0.000000236. The molecule has 0 aliphatic carbocycles. The lowest BCUT2D eigenvalue weighted by Crippen LogP contribution is -2.69. The van der Waals surface area contributed by atoms with Gasteiger partial charge in [-0.25, -0.2) is 23.6 Å². The van der Waals surface area contributed by atoms with E-state index in [-0.39, 0.29) is 45.4 Å². The molecule has 135 heavy (non-hydrogen) atoms. The molecule has 10 aromatic carbocycles. The zero-order valence-corrected chi connectivity index (χ0v) is 73.7. The van der Waals surface area contributed by atoms with E-state index < -0.39 is 112 Å². The van der Waals surface area contributed by atoms with Gasteiger partial charge in [0.1, 0.15) is 16.6 Å². The number of carbonyl (C=O) groups is 4. The molecule has 0 bridgehead atoms. The van der Waals surface area contributed by atoms with E-state index in [1.165, 1.54) is 83.0 Å². The average molecular weight is 2070 g/mol. The largest absolute Gasteiger partial charge is 0.495 e. The van der Waals surface area contributed by atoms with Crippen LogP contribution in [0.15, 0.2) is 236 Å². The molecule has 0 saturated heterocycles. The fourth-order valence-corrected chi connectivity index (χ4v) is 13.3. The summed E-state index contributed by atoms with van der Waals surface area (Å²) >= 11 is 35.8. The number of carbonyl (C=O) groups excluding carboxylic acids is 4. The predicted molar refractivity (Wildman–Crippen MR) is 470 cm³/mol. The highest BCUT2D eigenvalue weighted by Gasteiger charge is 2.92. The molecule has 8 amide bonds. The fourth-order valence-electron chi connectivity index (χ4n) is 11.2. The van der Waals surface area contributed by atoms with Gasteiger partial charge in [-0.2, -0.15) is 114 Å². The number of thiophene rings is 1. The number of para-hydroxylation sites is 5. The maximum Gasteiger partial charge on any atom is 0.460 e. The number of hydrogen-bond donors (Lipinski definition) is 10. The molecule has 11 aromatic rings. The van der Waals surface area contributed by atoms with Gasteiger partial charge in [-0.05, 0) is 188 Å². The number of halogens is 32. The van der Waals surface area contributed by atoms with Crippen LogP contribution in [0.2, 0.25) is 25.1 Å². The van der Waals surface area contributed by atoms with Gasteiger partial charge in [-0.15, -0.1) is 11.3 Å². The fraction of sp³-hybridized carbons (Fsp3) is 0.212. The third kappa shape index (κ3) is 26.2. The Morgan fingerprint density at radius 2 is 0.748 bits per heavy atom. The van der Waals surface area contributed by atoms with Crippen molar-refractivity contribution in [3.05, 3.63) is 284 Å². The smallest absolute Gasteiger partial charge is 0.460 e. The first-order valence-electron chi connectivity index (χ1n) is 37.5. The van der Waals surface area contributed by atoms with Crippen LogP contribution in [0.4, 0.5) is 200 Å². The highest BCUT2D eigenvalue weighted by atomic mass is 35.5. The number of fused-ring (bicyclic) bond motifs is 1. The Morgan fingerprint density at radius 3 is 1.21 bits per heavy atom. The van der Waals surface area contributed by atoms with E-state index in [2.05, 4.69) is 69.7 Å². The van der Waals surface area contributed by atoms with Gasteiger partial charge in [0.15, 0.2) is 5.11 Å². The van der Waals surface area contributed by atoms with Crippen molar-refractivity contribution in [1.29, 1.82) is 0 Å². The number of rotatable bonds is 24. The van der Waals surface area contributed by atoms with Crippen LogP contribution < -0.4 is 62.8 Å². The van der Waals surface area contributed by atoms with Crippen LogP contribution in [-0.2, 0) is 11.8 Å². The van der Waals surface area contributed by atoms with E-state index >= 15 is 0 Å². The molecule has 0 radical (unpaired) electrons. The number of amides is 8. The molecule has 10 N–H and O–H groups in total. The molecule has 0 atom stereocenters. The summed E-state index contributed by atoms with van der Waals surface area (Å²) in [5, 5.41) is 30.6. The summed E-state index contributed by atoms with van der Waals surface area (Å²) in [6.45, 7) is 8.35. The van der Waals surface area contributed by atoms with Gasteiger partial charge in [0.05, 0.1) is 50.4 Å². The molecular formula is C85H65Cl5F27N11O5S2. The molecule has 11 rings (SSSR count). The minimum Gasteiger partial charge on any atom is -0.495 e. The van der Waals surface area contributed by atoms with Gasteiger partial charge in [0.2, 0.25) is 0 Å². The lowest BCUT2D eigenvalue weighted by atomic mass is 9.90. The van der Waals surface area contributed by atoms with E-state index in [0.29, 0.717) is 66.6 Å². The van der Waals surface area contributed by atoms with E-state index in [1.807, 2.05) is 77.4 Å². The van der Waals surface area contributed by atoms with Gasteiger partial charge >= 0.3 is 95.7 Å². The standard InChI is InChI=1S/C19H9Cl2F13N2O.C19H11F13N2O.C18H21Cl2N3S.C18H16N2O2.C11H8ClFN2OS/c20-8-5-9(21)7-10(6-8)35-13(37)36-12-4-2-1-3-11(12)14(22,23)15(24,25)16(26,27)17(28,29)18(30,31)19(32,33)34;20-14(21,15(22,23)16(24,25)17(26,27)18(28,29)19(30,31)32)11-8-4-5-9-12(11)34-13(35)33-10-6-2-1-3-7-10;1-4-23(5-2)14-7-9-17(12(3)10-14)22-18(24)21-13-6-8-15(19)16(20)11-13;1-22-17-9-5-4-8-16(17)20-18(21)19-15-11-10-13-6-2-3-7-14(13)12-15;12-9-5-6-17-10(9)15-11(16)14-8-3-1-7(13)2-4-8/h1-7H,(H2,35,36,37);1-9H,(H2,33,34,35);6-11H,4-5H2,1-3H3,(H2,21,22,24);2-12H,1H3,(H2,19,20,21);1-6H,(H2,14,15,16). The topological polar surface area (TPSA) is 201 Å². The van der Waals surface area contributed by atoms with Crippen LogP contribution in [0.25, 0.3) is 10.8 Å². The number of aryl methyl sites for hydroxylation is 1. The molecule has 0 unspecified atom stereocenters. The van der Waals surface area contributed by atoms with Crippen molar-refractivity contribution >= 4 is 183 Å². The molecule has 0 spiro atoms. The summed E-state index contributed by atoms with van der Waals surface area (Å²) in [5.41, 5.74) is -1.58. The van der Waals surface area contributed by atoms with Crippen LogP contribution in [0.5, 0.6) is 5.75 Å².